The molecule has 0 heterocycles. The lowest BCUT2D eigenvalue weighted by Crippen LogP contribution is -2.43. The number of nitrogens with one attached hydrogen (secondary N) is 2. The summed E-state index contributed by atoms with van der Waals surface area (Å²) in [4.78, 5) is 36.3. The van der Waals surface area contributed by atoms with E-state index in [0.29, 0.717) is 17.2 Å². The molecule has 0 fully saturated rings. The van der Waals surface area contributed by atoms with Crippen molar-refractivity contribution in [3.05, 3.63) is 33.8 Å². The zero-order chi connectivity index (χ0) is 19.7. The van der Waals surface area contributed by atoms with Crippen LogP contribution in [0.3, 0.4) is 0 Å². The molecule has 0 unspecified atom stereocenters. The average molecular weight is 421 g/mol. The Bertz CT molecular complexity index is 656. The van der Waals surface area contributed by atoms with E-state index < -0.39 is 30.4 Å². The maximum atomic E-state index is 12.4. The van der Waals surface area contributed by atoms with Crippen molar-refractivity contribution in [1.29, 1.82) is 0 Å². The van der Waals surface area contributed by atoms with Crippen LogP contribution in [0.4, 0.5) is 0 Å². The Balaban J connectivity index is 2.74. The Morgan fingerprint density at radius 3 is 2.46 bits per heavy atom. The van der Waals surface area contributed by atoms with Crippen molar-refractivity contribution >= 4 is 52.7 Å². The fraction of sp³-hybridized carbons (Fsp3) is 0.471. The van der Waals surface area contributed by atoms with E-state index in [9.17, 15) is 14.4 Å². The van der Waals surface area contributed by atoms with Crippen LogP contribution in [-0.4, -0.2) is 48.5 Å². The monoisotopic (exact) mass is 420 g/mol. The van der Waals surface area contributed by atoms with Crippen LogP contribution in [-0.2, 0) is 14.3 Å². The predicted molar refractivity (Wildman–Crippen MR) is 105 cm³/mol. The summed E-state index contributed by atoms with van der Waals surface area (Å²) in [6, 6.07) is 3.53. The van der Waals surface area contributed by atoms with Gasteiger partial charge in [-0.2, -0.15) is 11.8 Å². The molecule has 0 spiro atoms. The highest BCUT2D eigenvalue weighted by molar-refractivity contribution is 7.98. The quantitative estimate of drug-likeness (QED) is 0.599. The Morgan fingerprint density at radius 2 is 1.88 bits per heavy atom. The molecule has 1 aromatic rings. The lowest BCUT2D eigenvalue weighted by Gasteiger charge is -2.18. The maximum absolute atomic E-state index is 12.4. The minimum atomic E-state index is -0.881. The standard InChI is InChI=1S/C17H22Cl2N2O4S/c1-10(2)20-15(22)9-25-17(24)14(6-7-26-3)21-16(23)12-5-4-11(18)8-13(12)19/h4-5,8,10,14H,6-7,9H2,1-3H3,(H,20,22)(H,21,23)/t14-/m1/s1. The van der Waals surface area contributed by atoms with E-state index in [1.54, 1.807) is 13.8 Å². The molecule has 144 valence electrons. The van der Waals surface area contributed by atoms with Crippen molar-refractivity contribution in [2.24, 2.45) is 0 Å². The summed E-state index contributed by atoms with van der Waals surface area (Å²) in [5, 5.41) is 5.82. The summed E-state index contributed by atoms with van der Waals surface area (Å²) in [6.45, 7) is 3.21. The molecule has 0 saturated carbocycles. The molecule has 0 aliphatic rings. The molecule has 2 N–H and O–H groups in total. The van der Waals surface area contributed by atoms with Crippen molar-refractivity contribution in [2.75, 3.05) is 18.6 Å². The van der Waals surface area contributed by atoms with E-state index >= 15 is 0 Å². The normalized spacial score (nSPS) is 11.8. The summed E-state index contributed by atoms with van der Waals surface area (Å²) < 4.78 is 5.02. The molecule has 2 amide bonds. The Hall–Kier alpha value is -1.44. The SMILES string of the molecule is CSCC[C@@H](NC(=O)c1ccc(Cl)cc1Cl)C(=O)OCC(=O)NC(C)C. The number of benzene rings is 1. The van der Waals surface area contributed by atoms with Gasteiger partial charge in [0.15, 0.2) is 6.61 Å². The second-order valence-corrected chi connectivity index (χ2v) is 7.59. The third-order valence-corrected chi connectivity index (χ3v) is 4.36. The zero-order valence-corrected chi connectivity index (χ0v) is 17.1. The largest absolute Gasteiger partial charge is 0.454 e. The predicted octanol–water partition coefficient (Wildman–Crippen LogP) is 2.91. The fourth-order valence-electron chi connectivity index (χ4n) is 2.00. The third kappa shape index (κ3) is 7.85. The summed E-state index contributed by atoms with van der Waals surface area (Å²) in [6.07, 6.45) is 2.25. The molecule has 0 aliphatic carbocycles. The maximum Gasteiger partial charge on any atom is 0.329 e. The van der Waals surface area contributed by atoms with E-state index in [1.165, 1.54) is 30.0 Å². The summed E-state index contributed by atoms with van der Waals surface area (Å²) in [5.74, 6) is -0.950. The number of rotatable bonds is 9. The van der Waals surface area contributed by atoms with Gasteiger partial charge in [0.1, 0.15) is 6.04 Å². The third-order valence-electron chi connectivity index (χ3n) is 3.17. The number of esters is 1. The number of hydrogen-bond acceptors (Lipinski definition) is 5. The van der Waals surface area contributed by atoms with Crippen LogP contribution in [0.2, 0.25) is 10.0 Å². The van der Waals surface area contributed by atoms with E-state index in [1.807, 2.05) is 6.26 Å². The van der Waals surface area contributed by atoms with Gasteiger partial charge in [0.25, 0.3) is 11.8 Å². The molecule has 1 rings (SSSR count). The second-order valence-electron chi connectivity index (χ2n) is 5.76. The molecule has 0 bridgehead atoms. The number of carbonyl (C=O) groups excluding carboxylic acids is 3. The van der Waals surface area contributed by atoms with Gasteiger partial charge < -0.3 is 15.4 Å². The number of ether oxygens (including phenoxy) is 1. The molecule has 26 heavy (non-hydrogen) atoms. The lowest BCUT2D eigenvalue weighted by atomic mass is 10.1. The molecule has 0 saturated heterocycles. The van der Waals surface area contributed by atoms with Crippen LogP contribution in [0.15, 0.2) is 18.2 Å². The van der Waals surface area contributed by atoms with E-state index in [-0.39, 0.29) is 16.6 Å². The minimum Gasteiger partial charge on any atom is -0.454 e. The van der Waals surface area contributed by atoms with Crippen molar-refractivity contribution in [3.8, 4) is 0 Å². The van der Waals surface area contributed by atoms with Crippen LogP contribution in [0.1, 0.15) is 30.6 Å². The average Bonchev–Trinajstić information content (AvgIpc) is 2.55. The highest BCUT2D eigenvalue weighted by atomic mass is 35.5. The van der Waals surface area contributed by atoms with Crippen LogP contribution < -0.4 is 10.6 Å². The molecule has 0 aliphatic heterocycles. The number of thioether (sulfide) groups is 1. The Kier molecular flexibility index (Phi) is 9.83. The van der Waals surface area contributed by atoms with Gasteiger partial charge in [-0.15, -0.1) is 0 Å². The number of halogens is 2. The van der Waals surface area contributed by atoms with E-state index in [0.717, 1.165) is 0 Å². The smallest absolute Gasteiger partial charge is 0.329 e. The van der Waals surface area contributed by atoms with Gasteiger partial charge in [-0.1, -0.05) is 23.2 Å². The topological polar surface area (TPSA) is 84.5 Å². The number of hydrogen-bond donors (Lipinski definition) is 2. The number of carbonyl (C=O) groups is 3. The summed E-state index contributed by atoms with van der Waals surface area (Å²) in [5.41, 5.74) is 0.204. The second kappa shape index (κ2) is 11.3. The van der Waals surface area contributed by atoms with Crippen LogP contribution >= 0.6 is 35.0 Å². The van der Waals surface area contributed by atoms with Gasteiger partial charge in [-0.3, -0.25) is 9.59 Å². The highest BCUT2D eigenvalue weighted by Gasteiger charge is 2.24. The molecule has 1 atom stereocenters. The minimum absolute atomic E-state index is 0.0553. The first-order valence-electron chi connectivity index (χ1n) is 7.95. The van der Waals surface area contributed by atoms with E-state index in [2.05, 4.69) is 10.6 Å². The van der Waals surface area contributed by atoms with Crippen molar-refractivity contribution < 1.29 is 19.1 Å². The first-order chi connectivity index (χ1) is 12.2. The van der Waals surface area contributed by atoms with Gasteiger partial charge in [0.05, 0.1) is 10.6 Å². The van der Waals surface area contributed by atoms with Crippen molar-refractivity contribution in [3.63, 3.8) is 0 Å². The fourth-order valence-corrected chi connectivity index (χ4v) is 2.96. The Morgan fingerprint density at radius 1 is 1.19 bits per heavy atom. The summed E-state index contributed by atoms with van der Waals surface area (Å²) >= 11 is 13.4. The van der Waals surface area contributed by atoms with Crippen molar-refractivity contribution in [1.82, 2.24) is 10.6 Å². The molecule has 9 heteroatoms. The first kappa shape index (κ1) is 22.6. The highest BCUT2D eigenvalue weighted by Crippen LogP contribution is 2.21. The van der Waals surface area contributed by atoms with E-state index in [4.69, 9.17) is 27.9 Å². The van der Waals surface area contributed by atoms with Crippen molar-refractivity contribution in [2.45, 2.75) is 32.4 Å². The first-order valence-corrected chi connectivity index (χ1v) is 10.1. The molecule has 0 aromatic heterocycles. The Labute approximate surface area is 167 Å². The number of amides is 2. The van der Waals surface area contributed by atoms with Gasteiger partial charge in [0, 0.05) is 11.1 Å². The molecular weight excluding hydrogens is 399 g/mol. The molecular formula is C17H22Cl2N2O4S. The van der Waals surface area contributed by atoms with Gasteiger partial charge >= 0.3 is 5.97 Å². The van der Waals surface area contributed by atoms with Gasteiger partial charge in [-0.05, 0) is 50.5 Å². The lowest BCUT2D eigenvalue weighted by molar-refractivity contribution is -0.150. The van der Waals surface area contributed by atoms with Crippen LogP contribution in [0.5, 0.6) is 0 Å². The van der Waals surface area contributed by atoms with Crippen LogP contribution in [0, 0.1) is 0 Å². The summed E-state index contributed by atoms with van der Waals surface area (Å²) in [7, 11) is 0. The van der Waals surface area contributed by atoms with Gasteiger partial charge in [0.2, 0.25) is 0 Å². The van der Waals surface area contributed by atoms with Crippen LogP contribution in [0.25, 0.3) is 0 Å². The zero-order valence-electron chi connectivity index (χ0n) is 14.8. The van der Waals surface area contributed by atoms with Gasteiger partial charge in [-0.25, -0.2) is 4.79 Å². The molecule has 6 nitrogen and oxygen atoms in total. The molecule has 0 radical (unpaired) electrons. The molecule has 1 aromatic carbocycles.